The lowest BCUT2D eigenvalue weighted by molar-refractivity contribution is -0.135. The standard InChI is InChI=1S/C22H24FNO6/c1-24(13-16-6-8-18(27-2)17(23)11-16)21(25)14-30-19-9-5-15(12-20(19)28-3)7-10-22(26)29-4/h5-12H,13-14H2,1-4H3/b10-7+. The molecule has 0 saturated carbocycles. The molecule has 0 heterocycles. The molecule has 160 valence electrons. The first kappa shape index (κ1) is 22.7. The van der Waals surface area contributed by atoms with Gasteiger partial charge >= 0.3 is 5.97 Å². The van der Waals surface area contributed by atoms with E-state index >= 15 is 0 Å². The predicted octanol–water partition coefficient (Wildman–Crippen LogP) is 3.07. The molecule has 0 radical (unpaired) electrons. The number of benzene rings is 2. The average molecular weight is 417 g/mol. The van der Waals surface area contributed by atoms with Crippen LogP contribution in [-0.4, -0.2) is 51.8 Å². The molecule has 0 aliphatic heterocycles. The molecule has 0 N–H and O–H groups in total. The van der Waals surface area contributed by atoms with Gasteiger partial charge in [-0.1, -0.05) is 12.1 Å². The fourth-order valence-electron chi connectivity index (χ4n) is 2.56. The summed E-state index contributed by atoms with van der Waals surface area (Å²) in [5.41, 5.74) is 1.33. The summed E-state index contributed by atoms with van der Waals surface area (Å²) in [6.07, 6.45) is 2.86. The topological polar surface area (TPSA) is 74.3 Å². The molecule has 2 aromatic rings. The van der Waals surface area contributed by atoms with Crippen LogP contribution in [0.3, 0.4) is 0 Å². The van der Waals surface area contributed by atoms with E-state index < -0.39 is 11.8 Å². The number of likely N-dealkylation sites (N-methyl/N-ethyl adjacent to an activating group) is 1. The minimum absolute atomic E-state index is 0.146. The molecular formula is C22H24FNO6. The van der Waals surface area contributed by atoms with Gasteiger partial charge in [-0.2, -0.15) is 0 Å². The van der Waals surface area contributed by atoms with E-state index in [2.05, 4.69) is 4.74 Å². The second-order valence-corrected chi connectivity index (χ2v) is 6.27. The number of carbonyl (C=O) groups is 2. The molecular weight excluding hydrogens is 393 g/mol. The highest BCUT2D eigenvalue weighted by Crippen LogP contribution is 2.28. The molecule has 1 amide bonds. The zero-order valence-electron chi connectivity index (χ0n) is 17.3. The Morgan fingerprint density at radius 1 is 1.00 bits per heavy atom. The largest absolute Gasteiger partial charge is 0.494 e. The van der Waals surface area contributed by atoms with Crippen LogP contribution in [0.15, 0.2) is 42.5 Å². The van der Waals surface area contributed by atoms with Gasteiger partial charge in [-0.25, -0.2) is 9.18 Å². The van der Waals surface area contributed by atoms with Gasteiger partial charge in [0, 0.05) is 19.7 Å². The van der Waals surface area contributed by atoms with Gasteiger partial charge in [0.25, 0.3) is 5.91 Å². The van der Waals surface area contributed by atoms with E-state index in [0.29, 0.717) is 22.6 Å². The molecule has 0 aliphatic rings. The third-order valence-electron chi connectivity index (χ3n) is 4.21. The summed E-state index contributed by atoms with van der Waals surface area (Å²) in [4.78, 5) is 25.0. The zero-order valence-corrected chi connectivity index (χ0v) is 17.3. The number of nitrogens with zero attached hydrogens (tertiary/aromatic N) is 1. The van der Waals surface area contributed by atoms with Crippen molar-refractivity contribution < 1.29 is 32.9 Å². The Morgan fingerprint density at radius 2 is 1.70 bits per heavy atom. The van der Waals surface area contributed by atoms with Gasteiger partial charge in [0.15, 0.2) is 29.7 Å². The van der Waals surface area contributed by atoms with Crippen molar-refractivity contribution in [2.45, 2.75) is 6.54 Å². The minimum atomic E-state index is -0.488. The van der Waals surface area contributed by atoms with Crippen molar-refractivity contribution in [3.05, 3.63) is 59.4 Å². The molecule has 8 heteroatoms. The van der Waals surface area contributed by atoms with E-state index in [1.165, 1.54) is 44.4 Å². The fraction of sp³-hybridized carbons (Fsp3) is 0.273. The first-order chi connectivity index (χ1) is 14.4. The van der Waals surface area contributed by atoms with Crippen molar-refractivity contribution in [2.24, 2.45) is 0 Å². The third kappa shape index (κ3) is 6.23. The monoisotopic (exact) mass is 417 g/mol. The van der Waals surface area contributed by atoms with Crippen LogP contribution in [0.2, 0.25) is 0 Å². The van der Waals surface area contributed by atoms with Gasteiger partial charge in [-0.05, 0) is 41.5 Å². The van der Waals surface area contributed by atoms with Crippen LogP contribution in [0.25, 0.3) is 6.08 Å². The maximum Gasteiger partial charge on any atom is 0.330 e. The lowest BCUT2D eigenvalue weighted by Gasteiger charge is -2.18. The maximum atomic E-state index is 13.8. The van der Waals surface area contributed by atoms with E-state index in [-0.39, 0.29) is 24.8 Å². The predicted molar refractivity (Wildman–Crippen MR) is 109 cm³/mol. The molecule has 0 aromatic heterocycles. The van der Waals surface area contributed by atoms with E-state index in [0.717, 1.165) is 0 Å². The van der Waals surface area contributed by atoms with E-state index in [1.807, 2.05) is 0 Å². The Labute approximate surface area is 174 Å². The van der Waals surface area contributed by atoms with Gasteiger partial charge in [0.1, 0.15) is 0 Å². The fourth-order valence-corrected chi connectivity index (χ4v) is 2.56. The summed E-state index contributed by atoms with van der Waals surface area (Å²) >= 11 is 0. The van der Waals surface area contributed by atoms with Crippen molar-refractivity contribution in [2.75, 3.05) is 35.0 Å². The quantitative estimate of drug-likeness (QED) is 0.461. The Morgan fingerprint density at radius 3 is 2.33 bits per heavy atom. The summed E-state index contributed by atoms with van der Waals surface area (Å²) in [6.45, 7) is 0.000344. The van der Waals surface area contributed by atoms with E-state index in [1.54, 1.807) is 37.4 Å². The molecule has 2 rings (SSSR count). The third-order valence-corrected chi connectivity index (χ3v) is 4.21. The summed E-state index contributed by atoms with van der Waals surface area (Å²) in [6, 6.07) is 9.56. The minimum Gasteiger partial charge on any atom is -0.494 e. The highest BCUT2D eigenvalue weighted by atomic mass is 19.1. The number of hydrogen-bond acceptors (Lipinski definition) is 6. The number of ether oxygens (including phenoxy) is 4. The lowest BCUT2D eigenvalue weighted by Crippen LogP contribution is -2.31. The number of halogens is 1. The van der Waals surface area contributed by atoms with Crippen molar-refractivity contribution in [1.29, 1.82) is 0 Å². The maximum absolute atomic E-state index is 13.8. The van der Waals surface area contributed by atoms with Crippen LogP contribution in [0.5, 0.6) is 17.2 Å². The van der Waals surface area contributed by atoms with Crippen molar-refractivity contribution >= 4 is 18.0 Å². The van der Waals surface area contributed by atoms with Crippen LogP contribution < -0.4 is 14.2 Å². The number of carbonyl (C=O) groups excluding carboxylic acids is 2. The van der Waals surface area contributed by atoms with Gasteiger partial charge < -0.3 is 23.8 Å². The van der Waals surface area contributed by atoms with Crippen LogP contribution >= 0.6 is 0 Å². The molecule has 0 atom stereocenters. The average Bonchev–Trinajstić information content (AvgIpc) is 2.75. The van der Waals surface area contributed by atoms with Crippen molar-refractivity contribution in [1.82, 2.24) is 4.90 Å². The van der Waals surface area contributed by atoms with Crippen molar-refractivity contribution in [3.63, 3.8) is 0 Å². The van der Waals surface area contributed by atoms with Gasteiger partial charge in [-0.3, -0.25) is 4.79 Å². The van der Waals surface area contributed by atoms with E-state index in [9.17, 15) is 14.0 Å². The van der Waals surface area contributed by atoms with Crippen LogP contribution in [0.4, 0.5) is 4.39 Å². The number of amides is 1. The normalized spacial score (nSPS) is 10.6. The molecule has 0 spiro atoms. The lowest BCUT2D eigenvalue weighted by atomic mass is 10.2. The van der Waals surface area contributed by atoms with Crippen molar-refractivity contribution in [3.8, 4) is 17.2 Å². The Hall–Kier alpha value is -3.55. The molecule has 0 saturated heterocycles. The Kier molecular flexibility index (Phi) is 8.22. The highest BCUT2D eigenvalue weighted by molar-refractivity contribution is 5.87. The molecule has 0 unspecified atom stereocenters. The summed E-state index contributed by atoms with van der Waals surface area (Å²) in [5, 5.41) is 0. The van der Waals surface area contributed by atoms with Gasteiger partial charge in [-0.15, -0.1) is 0 Å². The summed E-state index contributed by atoms with van der Waals surface area (Å²) in [7, 11) is 5.76. The molecule has 0 bridgehead atoms. The molecule has 0 fully saturated rings. The molecule has 0 aliphatic carbocycles. The second-order valence-electron chi connectivity index (χ2n) is 6.27. The molecule has 30 heavy (non-hydrogen) atoms. The first-order valence-electron chi connectivity index (χ1n) is 9.01. The summed E-state index contributed by atoms with van der Waals surface area (Å²) in [5.74, 6) is -0.312. The smallest absolute Gasteiger partial charge is 0.330 e. The number of methoxy groups -OCH3 is 3. The zero-order chi connectivity index (χ0) is 22.1. The SMILES string of the molecule is COC(=O)/C=C/c1ccc(OCC(=O)N(C)Cc2ccc(OC)c(F)c2)c(OC)c1. The van der Waals surface area contributed by atoms with Gasteiger partial charge in [0.2, 0.25) is 0 Å². The van der Waals surface area contributed by atoms with E-state index in [4.69, 9.17) is 14.2 Å². The highest BCUT2D eigenvalue weighted by Gasteiger charge is 2.14. The van der Waals surface area contributed by atoms with Crippen LogP contribution in [0.1, 0.15) is 11.1 Å². The summed E-state index contributed by atoms with van der Waals surface area (Å²) < 4.78 is 34.1. The Bertz CT molecular complexity index is 928. The first-order valence-corrected chi connectivity index (χ1v) is 9.01. The number of esters is 1. The second kappa shape index (κ2) is 10.8. The number of hydrogen-bond donors (Lipinski definition) is 0. The van der Waals surface area contributed by atoms with Crippen LogP contribution in [-0.2, 0) is 20.9 Å². The Balaban J connectivity index is 1.98. The molecule has 7 nitrogen and oxygen atoms in total. The van der Waals surface area contributed by atoms with Crippen LogP contribution in [0, 0.1) is 5.82 Å². The number of rotatable bonds is 9. The van der Waals surface area contributed by atoms with Gasteiger partial charge in [0.05, 0.1) is 21.3 Å². The molecule has 2 aromatic carbocycles.